The highest BCUT2D eigenvalue weighted by Crippen LogP contribution is 2.18. The van der Waals surface area contributed by atoms with Crippen molar-refractivity contribution in [3.05, 3.63) is 102 Å². The molecule has 0 saturated carbocycles. The van der Waals surface area contributed by atoms with Crippen molar-refractivity contribution in [3.8, 4) is 5.69 Å². The molecule has 0 fully saturated rings. The molecule has 2 N–H and O–H groups in total. The van der Waals surface area contributed by atoms with Crippen LogP contribution in [0.15, 0.2) is 85.5 Å². The number of aromatic nitrogens is 4. The molecule has 4 aromatic rings. The van der Waals surface area contributed by atoms with Crippen LogP contribution in [-0.2, 0) is 6.42 Å². The van der Waals surface area contributed by atoms with Crippen LogP contribution in [0.3, 0.4) is 0 Å². The highest BCUT2D eigenvalue weighted by molar-refractivity contribution is 5.94. The minimum Gasteiger partial charge on any atom is -0.349 e. The second kappa shape index (κ2) is 7.70. The van der Waals surface area contributed by atoms with E-state index >= 15 is 0 Å². The van der Waals surface area contributed by atoms with Gasteiger partial charge >= 0.3 is 0 Å². The predicted molar refractivity (Wildman–Crippen MR) is 103 cm³/mol. The Labute approximate surface area is 156 Å². The van der Waals surface area contributed by atoms with Crippen molar-refractivity contribution in [2.45, 2.75) is 12.5 Å². The first-order valence-electron chi connectivity index (χ1n) is 8.74. The molecule has 2 heterocycles. The third-order valence-electron chi connectivity index (χ3n) is 4.36. The fourth-order valence-electron chi connectivity index (χ4n) is 2.97. The van der Waals surface area contributed by atoms with Gasteiger partial charge < -0.3 is 10.3 Å². The number of H-pyrrole nitrogens is 1. The van der Waals surface area contributed by atoms with Gasteiger partial charge in [-0.1, -0.05) is 30.3 Å². The molecule has 0 aliphatic heterocycles. The van der Waals surface area contributed by atoms with Crippen molar-refractivity contribution in [1.82, 2.24) is 25.1 Å². The van der Waals surface area contributed by atoms with Gasteiger partial charge in [-0.2, -0.15) is 5.10 Å². The zero-order valence-corrected chi connectivity index (χ0v) is 14.6. The topological polar surface area (TPSA) is 75.6 Å². The van der Waals surface area contributed by atoms with E-state index in [1.165, 1.54) is 0 Å². The average molecular weight is 357 g/mol. The van der Waals surface area contributed by atoms with E-state index < -0.39 is 0 Å². The van der Waals surface area contributed by atoms with Crippen molar-refractivity contribution in [2.75, 3.05) is 0 Å². The van der Waals surface area contributed by atoms with Gasteiger partial charge in [-0.25, -0.2) is 9.67 Å². The van der Waals surface area contributed by atoms with Crippen molar-refractivity contribution in [1.29, 1.82) is 0 Å². The van der Waals surface area contributed by atoms with E-state index in [0.29, 0.717) is 12.0 Å². The van der Waals surface area contributed by atoms with Gasteiger partial charge in [-0.15, -0.1) is 0 Å². The summed E-state index contributed by atoms with van der Waals surface area (Å²) in [7, 11) is 0. The Kier molecular flexibility index (Phi) is 4.78. The molecular weight excluding hydrogens is 338 g/mol. The van der Waals surface area contributed by atoms with Crippen molar-refractivity contribution in [2.24, 2.45) is 0 Å². The van der Waals surface area contributed by atoms with Crippen LogP contribution >= 0.6 is 0 Å². The Bertz CT molecular complexity index is 977. The lowest BCUT2D eigenvalue weighted by molar-refractivity contribution is 0.0936. The molecule has 2 aromatic heterocycles. The lowest BCUT2D eigenvalue weighted by Gasteiger charge is -2.18. The van der Waals surface area contributed by atoms with Crippen molar-refractivity contribution in [3.63, 3.8) is 0 Å². The third kappa shape index (κ3) is 3.95. The molecular formula is C21H19N5O. The van der Waals surface area contributed by atoms with Gasteiger partial charge in [0.1, 0.15) is 5.82 Å². The molecule has 0 spiro atoms. The lowest BCUT2D eigenvalue weighted by atomic mass is 10.0. The smallest absolute Gasteiger partial charge is 0.251 e. The molecule has 4 rings (SSSR count). The number of rotatable bonds is 6. The van der Waals surface area contributed by atoms with E-state index in [9.17, 15) is 4.79 Å². The van der Waals surface area contributed by atoms with Crippen LogP contribution in [0.25, 0.3) is 5.69 Å². The minimum absolute atomic E-state index is 0.123. The number of nitrogens with zero attached hydrogens (tertiary/aromatic N) is 3. The first kappa shape index (κ1) is 16.8. The Morgan fingerprint density at radius 2 is 1.85 bits per heavy atom. The van der Waals surface area contributed by atoms with Crippen molar-refractivity contribution < 1.29 is 4.79 Å². The summed E-state index contributed by atoms with van der Waals surface area (Å²) >= 11 is 0. The normalized spacial score (nSPS) is 11.9. The molecule has 27 heavy (non-hydrogen) atoms. The SMILES string of the molecule is O=C(N[C@H](Cc1ncc[nH]1)c1ccccc1)c1ccc(-n2cccn2)cc1. The largest absolute Gasteiger partial charge is 0.349 e. The Balaban J connectivity index is 1.52. The maximum Gasteiger partial charge on any atom is 0.251 e. The maximum atomic E-state index is 12.8. The van der Waals surface area contributed by atoms with E-state index in [2.05, 4.69) is 20.4 Å². The highest BCUT2D eigenvalue weighted by atomic mass is 16.1. The van der Waals surface area contributed by atoms with Crippen LogP contribution < -0.4 is 5.32 Å². The highest BCUT2D eigenvalue weighted by Gasteiger charge is 2.17. The van der Waals surface area contributed by atoms with E-state index in [-0.39, 0.29) is 11.9 Å². The molecule has 6 heteroatoms. The maximum absolute atomic E-state index is 12.8. The molecule has 0 aliphatic carbocycles. The number of imidazole rings is 1. The molecule has 1 atom stereocenters. The summed E-state index contributed by atoms with van der Waals surface area (Å²) in [5.74, 6) is 0.709. The fourth-order valence-corrected chi connectivity index (χ4v) is 2.97. The van der Waals surface area contributed by atoms with Crippen LogP contribution in [-0.4, -0.2) is 25.7 Å². The van der Waals surface area contributed by atoms with Crippen LogP contribution in [0.1, 0.15) is 27.8 Å². The molecule has 134 valence electrons. The molecule has 0 bridgehead atoms. The summed E-state index contributed by atoms with van der Waals surface area (Å²) in [4.78, 5) is 20.2. The zero-order chi connectivity index (χ0) is 18.5. The van der Waals surface area contributed by atoms with Gasteiger partial charge in [-0.3, -0.25) is 4.79 Å². The molecule has 1 amide bonds. The van der Waals surface area contributed by atoms with Crippen LogP contribution in [0, 0.1) is 0 Å². The minimum atomic E-state index is -0.171. The number of carbonyl (C=O) groups is 1. The van der Waals surface area contributed by atoms with Crippen molar-refractivity contribution >= 4 is 5.91 Å². The van der Waals surface area contributed by atoms with Gasteiger partial charge in [0.25, 0.3) is 5.91 Å². The zero-order valence-electron chi connectivity index (χ0n) is 14.6. The molecule has 6 nitrogen and oxygen atoms in total. The van der Waals surface area contributed by atoms with E-state index in [1.807, 2.05) is 54.7 Å². The van der Waals surface area contributed by atoms with Gasteiger partial charge in [0.15, 0.2) is 0 Å². The van der Waals surface area contributed by atoms with Gasteiger partial charge in [-0.05, 0) is 35.9 Å². The number of aromatic amines is 1. The fraction of sp³-hybridized carbons (Fsp3) is 0.0952. The molecule has 0 radical (unpaired) electrons. The lowest BCUT2D eigenvalue weighted by Crippen LogP contribution is -2.30. The van der Waals surface area contributed by atoms with Crippen LogP contribution in [0.5, 0.6) is 0 Å². The summed E-state index contributed by atoms with van der Waals surface area (Å²) in [5.41, 5.74) is 2.55. The third-order valence-corrected chi connectivity index (χ3v) is 4.36. The first-order valence-corrected chi connectivity index (χ1v) is 8.74. The Morgan fingerprint density at radius 1 is 1.04 bits per heavy atom. The van der Waals surface area contributed by atoms with Gasteiger partial charge in [0, 0.05) is 36.8 Å². The Hall–Kier alpha value is -3.67. The molecule has 0 aliphatic rings. The molecule has 0 saturated heterocycles. The molecule has 0 unspecified atom stereocenters. The van der Waals surface area contributed by atoms with E-state index in [1.54, 1.807) is 35.4 Å². The summed E-state index contributed by atoms with van der Waals surface area (Å²) in [5, 5.41) is 7.32. The van der Waals surface area contributed by atoms with Crippen LogP contribution in [0.2, 0.25) is 0 Å². The second-order valence-electron chi connectivity index (χ2n) is 6.17. The monoisotopic (exact) mass is 357 g/mol. The van der Waals surface area contributed by atoms with Gasteiger partial charge in [0.2, 0.25) is 0 Å². The second-order valence-corrected chi connectivity index (χ2v) is 6.17. The van der Waals surface area contributed by atoms with E-state index in [4.69, 9.17) is 0 Å². The first-order chi connectivity index (χ1) is 13.3. The number of hydrogen-bond acceptors (Lipinski definition) is 3. The quantitative estimate of drug-likeness (QED) is 0.556. The Morgan fingerprint density at radius 3 is 2.52 bits per heavy atom. The molecule has 2 aromatic carbocycles. The number of carbonyl (C=O) groups excluding carboxylic acids is 1. The summed E-state index contributed by atoms with van der Waals surface area (Å²) in [6, 6.07) is 19.0. The summed E-state index contributed by atoms with van der Waals surface area (Å²) in [6.45, 7) is 0. The summed E-state index contributed by atoms with van der Waals surface area (Å²) in [6.07, 6.45) is 7.68. The number of amides is 1. The average Bonchev–Trinajstić information content (AvgIpc) is 3.42. The van der Waals surface area contributed by atoms with E-state index in [0.717, 1.165) is 17.1 Å². The summed E-state index contributed by atoms with van der Waals surface area (Å²) < 4.78 is 1.76. The number of hydrogen-bond donors (Lipinski definition) is 2. The van der Waals surface area contributed by atoms with Crippen LogP contribution in [0.4, 0.5) is 0 Å². The predicted octanol–water partition coefficient (Wildman–Crippen LogP) is 3.31. The van der Waals surface area contributed by atoms with Gasteiger partial charge in [0.05, 0.1) is 11.7 Å². The standard InChI is InChI=1S/C21H19N5O/c27-21(17-7-9-18(10-8-17)26-14-4-11-24-26)25-19(15-20-22-12-13-23-20)16-5-2-1-3-6-16/h1-14,19H,15H2,(H,22,23)(H,25,27)/t19-/m1/s1. The number of benzene rings is 2. The number of nitrogens with one attached hydrogen (secondary N) is 2.